The van der Waals surface area contributed by atoms with Crippen LogP contribution >= 0.6 is 0 Å². The Labute approximate surface area is 210 Å². The SMILES string of the molecule is CCCCOC(=O)c1ccc(C(=O)NS(=O)(=O)c2ccc(CCNC(=O)c3ccccc3)cc2)cn1. The van der Waals surface area contributed by atoms with Crippen LogP contribution in [0.2, 0.25) is 0 Å². The second-order valence-electron chi connectivity index (χ2n) is 7.87. The molecule has 0 radical (unpaired) electrons. The average molecular weight is 510 g/mol. The van der Waals surface area contributed by atoms with E-state index < -0.39 is 21.9 Å². The fraction of sp³-hybridized carbons (Fsp3) is 0.231. The van der Waals surface area contributed by atoms with Crippen molar-refractivity contribution in [3.63, 3.8) is 0 Å². The van der Waals surface area contributed by atoms with Crippen molar-refractivity contribution in [3.8, 4) is 0 Å². The van der Waals surface area contributed by atoms with Gasteiger partial charge in [-0.15, -0.1) is 0 Å². The van der Waals surface area contributed by atoms with Gasteiger partial charge in [0.1, 0.15) is 5.69 Å². The van der Waals surface area contributed by atoms with E-state index in [2.05, 4.69) is 10.3 Å². The number of ether oxygens (including phenoxy) is 1. The summed E-state index contributed by atoms with van der Waals surface area (Å²) < 4.78 is 32.3. The van der Waals surface area contributed by atoms with Gasteiger partial charge in [0.05, 0.1) is 17.1 Å². The summed E-state index contributed by atoms with van der Waals surface area (Å²) in [6.45, 7) is 2.63. The Morgan fingerprint density at radius 2 is 1.61 bits per heavy atom. The summed E-state index contributed by atoms with van der Waals surface area (Å²) in [5, 5.41) is 2.81. The molecule has 2 aromatic carbocycles. The van der Waals surface area contributed by atoms with Crippen molar-refractivity contribution in [2.75, 3.05) is 13.2 Å². The molecule has 0 saturated heterocycles. The van der Waals surface area contributed by atoms with Crippen LogP contribution < -0.4 is 10.0 Å². The molecule has 9 nitrogen and oxygen atoms in total. The van der Waals surface area contributed by atoms with Gasteiger partial charge in [-0.1, -0.05) is 43.7 Å². The molecule has 3 aromatic rings. The molecule has 2 N–H and O–H groups in total. The Kier molecular flexibility index (Phi) is 9.29. The highest BCUT2D eigenvalue weighted by atomic mass is 32.2. The molecule has 0 spiro atoms. The molecular weight excluding hydrogens is 482 g/mol. The summed E-state index contributed by atoms with van der Waals surface area (Å²) >= 11 is 0. The molecule has 188 valence electrons. The molecule has 3 rings (SSSR count). The zero-order valence-electron chi connectivity index (χ0n) is 19.8. The van der Waals surface area contributed by atoms with Crippen LogP contribution in [0.5, 0.6) is 0 Å². The van der Waals surface area contributed by atoms with E-state index in [4.69, 9.17) is 4.74 Å². The number of benzene rings is 2. The zero-order valence-corrected chi connectivity index (χ0v) is 20.6. The van der Waals surface area contributed by atoms with Crippen LogP contribution in [0.25, 0.3) is 0 Å². The first-order valence-corrected chi connectivity index (χ1v) is 12.9. The predicted octanol–water partition coefficient (Wildman–Crippen LogP) is 3.13. The fourth-order valence-electron chi connectivity index (χ4n) is 3.12. The largest absolute Gasteiger partial charge is 0.461 e. The second kappa shape index (κ2) is 12.6. The monoisotopic (exact) mass is 509 g/mol. The lowest BCUT2D eigenvalue weighted by Gasteiger charge is -2.09. The number of unbranched alkanes of at least 4 members (excludes halogenated alkanes) is 1. The van der Waals surface area contributed by atoms with E-state index in [-0.39, 0.29) is 28.7 Å². The third kappa shape index (κ3) is 7.47. The van der Waals surface area contributed by atoms with Gasteiger partial charge in [0.15, 0.2) is 0 Å². The van der Waals surface area contributed by atoms with E-state index in [0.717, 1.165) is 24.6 Å². The number of nitrogens with one attached hydrogen (secondary N) is 2. The minimum absolute atomic E-state index is 0.0190. The highest BCUT2D eigenvalue weighted by Crippen LogP contribution is 2.12. The molecule has 0 saturated carbocycles. The van der Waals surface area contributed by atoms with Gasteiger partial charge in [-0.3, -0.25) is 9.59 Å². The van der Waals surface area contributed by atoms with Gasteiger partial charge in [0.2, 0.25) is 0 Å². The minimum Gasteiger partial charge on any atom is -0.461 e. The summed E-state index contributed by atoms with van der Waals surface area (Å²) in [7, 11) is -4.12. The Balaban J connectivity index is 1.53. The predicted molar refractivity (Wildman–Crippen MR) is 133 cm³/mol. The van der Waals surface area contributed by atoms with Crippen molar-refractivity contribution < 1.29 is 27.5 Å². The lowest BCUT2D eigenvalue weighted by molar-refractivity contribution is 0.0492. The summed E-state index contributed by atoms with van der Waals surface area (Å²) in [5.74, 6) is -1.67. The molecule has 10 heteroatoms. The van der Waals surface area contributed by atoms with E-state index in [9.17, 15) is 22.8 Å². The van der Waals surface area contributed by atoms with E-state index in [1.165, 1.54) is 24.3 Å². The minimum atomic E-state index is -4.12. The smallest absolute Gasteiger partial charge is 0.356 e. The number of hydrogen-bond donors (Lipinski definition) is 2. The van der Waals surface area contributed by atoms with Gasteiger partial charge in [-0.25, -0.2) is 22.9 Å². The van der Waals surface area contributed by atoms with Gasteiger partial charge in [-0.2, -0.15) is 0 Å². The second-order valence-corrected chi connectivity index (χ2v) is 9.55. The standard InChI is InChI=1S/C26H27N3O6S/c1-2-3-17-35-26(32)23-14-11-21(18-28-23)25(31)29-36(33,34)22-12-9-19(10-13-22)15-16-27-24(30)20-7-5-4-6-8-20/h4-14,18H,2-3,15-17H2,1H3,(H,27,30)(H,29,31). The third-order valence-corrected chi connectivity index (χ3v) is 6.51. The quantitative estimate of drug-likeness (QED) is 0.300. The molecule has 0 aliphatic heterocycles. The number of nitrogens with zero attached hydrogens (tertiary/aromatic N) is 1. The molecule has 0 atom stereocenters. The normalized spacial score (nSPS) is 10.9. The molecule has 1 heterocycles. The fourth-order valence-corrected chi connectivity index (χ4v) is 4.09. The van der Waals surface area contributed by atoms with Crippen molar-refractivity contribution in [2.45, 2.75) is 31.1 Å². The maximum atomic E-state index is 12.6. The summed E-state index contributed by atoms with van der Waals surface area (Å²) in [4.78, 5) is 40.2. The first kappa shape index (κ1) is 26.6. The van der Waals surface area contributed by atoms with Crippen molar-refractivity contribution in [1.82, 2.24) is 15.0 Å². The molecular formula is C26H27N3O6S. The van der Waals surface area contributed by atoms with Crippen molar-refractivity contribution in [2.24, 2.45) is 0 Å². The van der Waals surface area contributed by atoms with Crippen LogP contribution in [0.4, 0.5) is 0 Å². The van der Waals surface area contributed by atoms with Gasteiger partial charge >= 0.3 is 5.97 Å². The lowest BCUT2D eigenvalue weighted by Crippen LogP contribution is -2.30. The van der Waals surface area contributed by atoms with Crippen molar-refractivity contribution >= 4 is 27.8 Å². The zero-order chi connectivity index (χ0) is 26.0. The number of esters is 1. The maximum absolute atomic E-state index is 12.6. The number of hydrogen-bond acceptors (Lipinski definition) is 7. The molecule has 0 aliphatic carbocycles. The third-order valence-electron chi connectivity index (χ3n) is 5.16. The molecule has 0 aliphatic rings. The maximum Gasteiger partial charge on any atom is 0.356 e. The van der Waals surface area contributed by atoms with Gasteiger partial charge in [0.25, 0.3) is 21.8 Å². The first-order chi connectivity index (χ1) is 17.3. The van der Waals surface area contributed by atoms with Crippen molar-refractivity contribution in [1.29, 1.82) is 0 Å². The Hall–Kier alpha value is -4.05. The topological polar surface area (TPSA) is 132 Å². The van der Waals surface area contributed by atoms with E-state index in [1.54, 1.807) is 36.4 Å². The average Bonchev–Trinajstić information content (AvgIpc) is 2.89. The van der Waals surface area contributed by atoms with Gasteiger partial charge in [-0.05, 0) is 54.8 Å². The number of rotatable bonds is 11. The lowest BCUT2D eigenvalue weighted by atomic mass is 10.1. The van der Waals surface area contributed by atoms with E-state index >= 15 is 0 Å². The Morgan fingerprint density at radius 3 is 2.25 bits per heavy atom. The van der Waals surface area contributed by atoms with Crippen LogP contribution in [0.3, 0.4) is 0 Å². The molecule has 36 heavy (non-hydrogen) atoms. The number of carbonyl (C=O) groups is 3. The van der Waals surface area contributed by atoms with Crippen LogP contribution in [0.15, 0.2) is 77.8 Å². The molecule has 2 amide bonds. The number of aromatic nitrogens is 1. The van der Waals surface area contributed by atoms with Gasteiger partial charge < -0.3 is 10.1 Å². The van der Waals surface area contributed by atoms with Crippen molar-refractivity contribution in [3.05, 3.63) is 95.3 Å². The summed E-state index contributed by atoms with van der Waals surface area (Å²) in [6.07, 6.45) is 3.23. The van der Waals surface area contributed by atoms with Crippen LogP contribution in [-0.4, -0.2) is 44.3 Å². The Bertz CT molecular complexity index is 1290. The molecule has 0 fully saturated rings. The van der Waals surface area contributed by atoms with E-state index in [0.29, 0.717) is 18.5 Å². The van der Waals surface area contributed by atoms with Crippen LogP contribution in [0.1, 0.15) is 56.5 Å². The van der Waals surface area contributed by atoms with Crippen LogP contribution in [-0.2, 0) is 21.2 Å². The summed E-state index contributed by atoms with van der Waals surface area (Å²) in [6, 6.07) is 17.5. The molecule has 1 aromatic heterocycles. The number of sulfonamides is 1. The number of carbonyl (C=O) groups excluding carboxylic acids is 3. The van der Waals surface area contributed by atoms with Crippen LogP contribution in [0, 0.1) is 0 Å². The number of amides is 2. The highest BCUT2D eigenvalue weighted by Gasteiger charge is 2.19. The first-order valence-electron chi connectivity index (χ1n) is 11.4. The Morgan fingerprint density at radius 1 is 0.889 bits per heavy atom. The number of pyridine rings is 1. The highest BCUT2D eigenvalue weighted by molar-refractivity contribution is 7.90. The van der Waals surface area contributed by atoms with Gasteiger partial charge in [0, 0.05) is 18.3 Å². The molecule has 0 unspecified atom stereocenters. The molecule has 0 bridgehead atoms. The van der Waals surface area contributed by atoms with E-state index in [1.807, 2.05) is 17.7 Å². The summed E-state index contributed by atoms with van der Waals surface area (Å²) in [5.41, 5.74) is 1.39.